The van der Waals surface area contributed by atoms with E-state index in [0.717, 1.165) is 12.6 Å². The van der Waals surface area contributed by atoms with Gasteiger partial charge in [0.15, 0.2) is 0 Å². The van der Waals surface area contributed by atoms with Gasteiger partial charge in [0.05, 0.1) is 7.11 Å². The maximum Gasteiger partial charge on any atom is 0.329 e. The average molecular weight is 207 g/mol. The fraction of sp³-hybridized carbons (Fsp3) is 0.250. The summed E-state index contributed by atoms with van der Waals surface area (Å²) in [7, 11) is 3.26. The lowest BCUT2D eigenvalue weighted by Gasteiger charge is -1.95. The summed E-state index contributed by atoms with van der Waals surface area (Å²) < 4.78 is 4.14. The molecule has 0 bridgehead atoms. The number of ether oxygens (including phenoxy) is 1. The highest BCUT2D eigenvalue weighted by atomic mass is 16.5. The van der Waals surface area contributed by atoms with Gasteiger partial charge in [0.2, 0.25) is 0 Å². The number of esters is 1. The van der Waals surface area contributed by atoms with Crippen LogP contribution in [0.25, 0.3) is 0 Å². The smallest absolute Gasteiger partial charge is 0.329 e. The number of benzene rings is 1. The van der Waals surface area contributed by atoms with Crippen LogP contribution in [0.3, 0.4) is 0 Å². The Hall–Kier alpha value is -1.61. The molecule has 3 nitrogen and oxygen atoms in total. The first-order valence-electron chi connectivity index (χ1n) is 4.63. The Morgan fingerprint density at radius 2 is 2.07 bits per heavy atom. The molecule has 0 spiro atoms. The van der Waals surface area contributed by atoms with Crippen LogP contribution in [0, 0.1) is 0 Å². The fourth-order valence-corrected chi connectivity index (χ4v) is 0.883. The molecule has 1 aromatic carbocycles. The van der Waals surface area contributed by atoms with Crippen molar-refractivity contribution < 1.29 is 9.53 Å². The molecule has 15 heavy (non-hydrogen) atoms. The molecule has 0 aromatic heterocycles. The van der Waals surface area contributed by atoms with Gasteiger partial charge in [-0.1, -0.05) is 36.9 Å². The van der Waals surface area contributed by atoms with Crippen molar-refractivity contribution >= 4 is 5.97 Å². The molecular weight excluding hydrogens is 190 g/mol. The third-order valence-corrected chi connectivity index (χ3v) is 1.59. The van der Waals surface area contributed by atoms with E-state index in [-0.39, 0.29) is 0 Å². The van der Waals surface area contributed by atoms with Crippen LogP contribution in [0.2, 0.25) is 0 Å². The molecule has 1 N–H and O–H groups in total. The van der Waals surface area contributed by atoms with E-state index in [1.807, 2.05) is 25.2 Å². The lowest BCUT2D eigenvalue weighted by Crippen LogP contribution is -2.04. The van der Waals surface area contributed by atoms with E-state index in [2.05, 4.69) is 28.8 Å². The van der Waals surface area contributed by atoms with Crippen LogP contribution in [0.5, 0.6) is 0 Å². The Labute approximate surface area is 90.8 Å². The molecule has 0 saturated carbocycles. The minimum atomic E-state index is -0.394. The third kappa shape index (κ3) is 7.46. The molecule has 0 unspecified atom stereocenters. The van der Waals surface area contributed by atoms with E-state index in [1.54, 1.807) is 0 Å². The van der Waals surface area contributed by atoms with Crippen molar-refractivity contribution in [3.63, 3.8) is 0 Å². The van der Waals surface area contributed by atoms with E-state index in [1.165, 1.54) is 12.7 Å². The van der Waals surface area contributed by atoms with Gasteiger partial charge >= 0.3 is 5.97 Å². The predicted octanol–water partition coefficient (Wildman–Crippen LogP) is 1.75. The highest BCUT2D eigenvalue weighted by Gasteiger charge is 1.83. The van der Waals surface area contributed by atoms with Gasteiger partial charge in [0, 0.05) is 12.6 Å². The van der Waals surface area contributed by atoms with Crippen LogP contribution < -0.4 is 5.32 Å². The van der Waals surface area contributed by atoms with Gasteiger partial charge in [-0.2, -0.15) is 0 Å². The first-order valence-corrected chi connectivity index (χ1v) is 4.63. The SMILES string of the molecule is C=CC(=O)OC.CNCc1ccccc1. The van der Waals surface area contributed by atoms with Gasteiger partial charge < -0.3 is 10.1 Å². The maximum absolute atomic E-state index is 9.84. The Morgan fingerprint density at radius 3 is 2.40 bits per heavy atom. The number of nitrogens with one attached hydrogen (secondary N) is 1. The Morgan fingerprint density at radius 1 is 1.47 bits per heavy atom. The van der Waals surface area contributed by atoms with Crippen LogP contribution in [0.15, 0.2) is 43.0 Å². The van der Waals surface area contributed by atoms with E-state index in [4.69, 9.17) is 0 Å². The summed E-state index contributed by atoms with van der Waals surface area (Å²) in [6.45, 7) is 4.12. The molecule has 0 aliphatic rings. The van der Waals surface area contributed by atoms with Gasteiger partial charge in [0.25, 0.3) is 0 Å². The summed E-state index contributed by atoms with van der Waals surface area (Å²) in [5.74, 6) is -0.394. The molecule has 1 rings (SSSR count). The number of carbonyl (C=O) groups is 1. The van der Waals surface area contributed by atoms with Crippen molar-refractivity contribution in [2.75, 3.05) is 14.2 Å². The second kappa shape index (κ2) is 8.97. The second-order valence-corrected chi connectivity index (χ2v) is 2.74. The number of methoxy groups -OCH3 is 1. The molecule has 0 aliphatic heterocycles. The van der Waals surface area contributed by atoms with Crippen LogP contribution in [-0.4, -0.2) is 20.1 Å². The molecule has 0 fully saturated rings. The number of carbonyl (C=O) groups excluding carboxylic acids is 1. The molecule has 3 heteroatoms. The Kier molecular flexibility index (Phi) is 8.00. The Balaban J connectivity index is 0.000000288. The summed E-state index contributed by atoms with van der Waals surface area (Å²) in [5.41, 5.74) is 1.33. The Bertz CT molecular complexity index is 283. The molecule has 0 aliphatic carbocycles. The van der Waals surface area contributed by atoms with Crippen molar-refractivity contribution in [3.8, 4) is 0 Å². The van der Waals surface area contributed by atoms with Crippen LogP contribution in [-0.2, 0) is 16.1 Å². The predicted molar refractivity (Wildman–Crippen MR) is 61.4 cm³/mol. The zero-order valence-corrected chi connectivity index (χ0v) is 9.19. The third-order valence-electron chi connectivity index (χ3n) is 1.59. The molecule has 0 amide bonds. The average Bonchev–Trinajstić information content (AvgIpc) is 2.31. The molecule has 0 heterocycles. The van der Waals surface area contributed by atoms with E-state index in [0.29, 0.717) is 0 Å². The van der Waals surface area contributed by atoms with Crippen LogP contribution in [0.1, 0.15) is 5.56 Å². The molecular formula is C12H17NO2. The standard InChI is InChI=1S/C8H11N.C4H6O2/c1-9-7-8-5-3-2-4-6-8;1-3-4(5)6-2/h2-6,9H,7H2,1H3;3H,1H2,2H3. The molecule has 1 aromatic rings. The fourth-order valence-electron chi connectivity index (χ4n) is 0.883. The normalized spacial score (nSPS) is 8.40. The first kappa shape index (κ1) is 13.4. The number of hydrogen-bond donors (Lipinski definition) is 1. The van der Waals surface area contributed by atoms with Gasteiger partial charge in [0.1, 0.15) is 0 Å². The number of hydrogen-bond acceptors (Lipinski definition) is 3. The van der Waals surface area contributed by atoms with Crippen molar-refractivity contribution in [3.05, 3.63) is 48.6 Å². The summed E-state index contributed by atoms with van der Waals surface area (Å²) >= 11 is 0. The number of rotatable bonds is 3. The second-order valence-electron chi connectivity index (χ2n) is 2.74. The lowest BCUT2D eigenvalue weighted by molar-refractivity contribution is -0.134. The van der Waals surface area contributed by atoms with Crippen LogP contribution in [0.4, 0.5) is 0 Å². The zero-order chi connectivity index (χ0) is 11.5. The maximum atomic E-state index is 9.84. The molecule has 0 saturated heterocycles. The van der Waals surface area contributed by atoms with E-state index in [9.17, 15) is 4.79 Å². The highest BCUT2D eigenvalue weighted by Crippen LogP contribution is 1.95. The van der Waals surface area contributed by atoms with Crippen LogP contribution >= 0.6 is 0 Å². The van der Waals surface area contributed by atoms with Gasteiger partial charge in [-0.25, -0.2) is 4.79 Å². The van der Waals surface area contributed by atoms with Crippen molar-refractivity contribution in [2.24, 2.45) is 0 Å². The van der Waals surface area contributed by atoms with E-state index >= 15 is 0 Å². The molecule has 0 atom stereocenters. The first-order chi connectivity index (χ1) is 7.24. The van der Waals surface area contributed by atoms with Gasteiger partial charge in [-0.3, -0.25) is 0 Å². The summed E-state index contributed by atoms with van der Waals surface area (Å²) in [6, 6.07) is 10.3. The summed E-state index contributed by atoms with van der Waals surface area (Å²) in [4.78, 5) is 9.84. The quantitative estimate of drug-likeness (QED) is 0.606. The highest BCUT2D eigenvalue weighted by molar-refractivity contribution is 5.80. The lowest BCUT2D eigenvalue weighted by atomic mass is 10.2. The van der Waals surface area contributed by atoms with E-state index < -0.39 is 5.97 Å². The van der Waals surface area contributed by atoms with Gasteiger partial charge in [-0.15, -0.1) is 0 Å². The minimum absolute atomic E-state index is 0.394. The van der Waals surface area contributed by atoms with Crippen molar-refractivity contribution in [2.45, 2.75) is 6.54 Å². The van der Waals surface area contributed by atoms with Gasteiger partial charge in [-0.05, 0) is 12.6 Å². The summed E-state index contributed by atoms with van der Waals surface area (Å²) in [5, 5.41) is 3.08. The minimum Gasteiger partial charge on any atom is -0.466 e. The topological polar surface area (TPSA) is 38.3 Å². The van der Waals surface area contributed by atoms with Crippen molar-refractivity contribution in [1.29, 1.82) is 0 Å². The molecule has 0 radical (unpaired) electrons. The largest absolute Gasteiger partial charge is 0.466 e. The zero-order valence-electron chi connectivity index (χ0n) is 9.19. The summed E-state index contributed by atoms with van der Waals surface area (Å²) in [6.07, 6.45) is 1.11. The van der Waals surface area contributed by atoms with Crippen molar-refractivity contribution in [1.82, 2.24) is 5.32 Å². The molecule has 82 valence electrons. The monoisotopic (exact) mass is 207 g/mol.